The predicted octanol–water partition coefficient (Wildman–Crippen LogP) is 4.43. The first-order valence-corrected chi connectivity index (χ1v) is 7.93. The van der Waals surface area contributed by atoms with Gasteiger partial charge in [0.15, 0.2) is 0 Å². The average Bonchev–Trinajstić information content (AvgIpc) is 2.86. The first kappa shape index (κ1) is 14.2. The van der Waals surface area contributed by atoms with Crippen LogP contribution in [0.1, 0.15) is 23.9 Å². The number of fused-ring (bicyclic) bond motifs is 1. The van der Waals surface area contributed by atoms with Crippen molar-refractivity contribution in [1.82, 2.24) is 9.55 Å². The third-order valence-corrected chi connectivity index (χ3v) is 4.01. The van der Waals surface area contributed by atoms with Crippen molar-refractivity contribution < 1.29 is 0 Å². The Morgan fingerprint density at radius 1 is 1.00 bits per heavy atom. The van der Waals surface area contributed by atoms with Gasteiger partial charge in [-0.3, -0.25) is 0 Å². The molecule has 0 saturated carbocycles. The Labute approximate surface area is 130 Å². The van der Waals surface area contributed by atoms with Crippen LogP contribution in [0.25, 0.3) is 11.0 Å². The smallest absolute Gasteiger partial charge is 0.111 e. The van der Waals surface area contributed by atoms with Crippen LogP contribution in [0.2, 0.25) is 0 Å². The van der Waals surface area contributed by atoms with E-state index in [4.69, 9.17) is 16.6 Å². The Morgan fingerprint density at radius 3 is 2.43 bits per heavy atom. The minimum Gasteiger partial charge on any atom is -0.323 e. The van der Waals surface area contributed by atoms with E-state index in [1.165, 1.54) is 16.6 Å². The topological polar surface area (TPSA) is 17.8 Å². The number of nitrogens with zero attached hydrogens (tertiary/aromatic N) is 2. The largest absolute Gasteiger partial charge is 0.323 e. The molecule has 0 amide bonds. The van der Waals surface area contributed by atoms with E-state index in [1.54, 1.807) is 0 Å². The van der Waals surface area contributed by atoms with Gasteiger partial charge in [-0.05, 0) is 29.7 Å². The molecule has 1 heterocycles. The standard InChI is InChI=1S/C18H19ClN2/c1-2-14-7-9-15(10-8-14)13-21-17-6-4-3-5-16(17)20-18(21)11-12-19/h3-10H,2,11-13H2,1H3. The van der Waals surface area contributed by atoms with Crippen LogP contribution >= 0.6 is 11.6 Å². The summed E-state index contributed by atoms with van der Waals surface area (Å²) in [6.45, 7) is 3.02. The summed E-state index contributed by atoms with van der Waals surface area (Å²) in [7, 11) is 0. The van der Waals surface area contributed by atoms with Crippen molar-refractivity contribution in [1.29, 1.82) is 0 Å². The number of benzene rings is 2. The second kappa shape index (κ2) is 6.31. The number of para-hydroxylation sites is 2. The Morgan fingerprint density at radius 2 is 1.71 bits per heavy atom. The molecular formula is C18H19ClN2. The lowest BCUT2D eigenvalue weighted by Gasteiger charge is -2.09. The third kappa shape index (κ3) is 2.96. The zero-order chi connectivity index (χ0) is 14.7. The lowest BCUT2D eigenvalue weighted by Crippen LogP contribution is -2.06. The lowest BCUT2D eigenvalue weighted by atomic mass is 10.1. The van der Waals surface area contributed by atoms with Crippen molar-refractivity contribution in [3.8, 4) is 0 Å². The predicted molar refractivity (Wildman–Crippen MR) is 89.1 cm³/mol. The zero-order valence-electron chi connectivity index (χ0n) is 12.2. The highest BCUT2D eigenvalue weighted by molar-refractivity contribution is 6.17. The monoisotopic (exact) mass is 298 g/mol. The molecule has 108 valence electrons. The number of halogens is 1. The molecule has 0 aliphatic heterocycles. The van der Waals surface area contributed by atoms with Crippen LogP contribution in [-0.2, 0) is 19.4 Å². The molecule has 3 heteroatoms. The molecular weight excluding hydrogens is 280 g/mol. The molecule has 0 radical (unpaired) electrons. The SMILES string of the molecule is CCc1ccc(Cn2c(CCCl)nc3ccccc32)cc1. The van der Waals surface area contributed by atoms with Crippen LogP contribution < -0.4 is 0 Å². The van der Waals surface area contributed by atoms with Crippen LogP contribution in [0.4, 0.5) is 0 Å². The fourth-order valence-electron chi connectivity index (χ4n) is 2.64. The molecule has 21 heavy (non-hydrogen) atoms. The second-order valence-electron chi connectivity index (χ2n) is 5.21. The number of imidazole rings is 1. The molecule has 0 unspecified atom stereocenters. The molecule has 2 aromatic carbocycles. The van der Waals surface area contributed by atoms with E-state index in [0.29, 0.717) is 5.88 Å². The molecule has 0 spiro atoms. The maximum Gasteiger partial charge on any atom is 0.111 e. The van der Waals surface area contributed by atoms with Crippen LogP contribution in [0.5, 0.6) is 0 Å². The zero-order valence-corrected chi connectivity index (χ0v) is 13.0. The minimum absolute atomic E-state index is 0.595. The van der Waals surface area contributed by atoms with Crippen molar-refractivity contribution in [2.45, 2.75) is 26.3 Å². The van der Waals surface area contributed by atoms with Gasteiger partial charge in [0.1, 0.15) is 5.82 Å². The molecule has 0 fully saturated rings. The number of hydrogen-bond donors (Lipinski definition) is 0. The summed E-state index contributed by atoms with van der Waals surface area (Å²) in [4.78, 5) is 4.71. The maximum absolute atomic E-state index is 5.92. The molecule has 1 aromatic heterocycles. The highest BCUT2D eigenvalue weighted by Gasteiger charge is 2.10. The molecule has 0 saturated heterocycles. The van der Waals surface area contributed by atoms with Gasteiger partial charge in [0.05, 0.1) is 11.0 Å². The number of rotatable bonds is 5. The van der Waals surface area contributed by atoms with E-state index in [9.17, 15) is 0 Å². The van der Waals surface area contributed by atoms with Crippen molar-refractivity contribution in [3.63, 3.8) is 0 Å². The lowest BCUT2D eigenvalue weighted by molar-refractivity contribution is 0.754. The van der Waals surface area contributed by atoms with Gasteiger partial charge < -0.3 is 4.57 Å². The van der Waals surface area contributed by atoms with Gasteiger partial charge in [0, 0.05) is 18.8 Å². The van der Waals surface area contributed by atoms with Crippen LogP contribution in [0.15, 0.2) is 48.5 Å². The number of hydrogen-bond acceptors (Lipinski definition) is 1. The first-order valence-electron chi connectivity index (χ1n) is 7.39. The fourth-order valence-corrected chi connectivity index (χ4v) is 2.81. The summed E-state index contributed by atoms with van der Waals surface area (Å²) in [5, 5.41) is 0. The van der Waals surface area contributed by atoms with E-state index in [0.717, 1.165) is 30.7 Å². The van der Waals surface area contributed by atoms with Gasteiger partial charge in [-0.2, -0.15) is 0 Å². The number of aryl methyl sites for hydroxylation is 2. The van der Waals surface area contributed by atoms with E-state index in [1.807, 2.05) is 6.07 Å². The molecule has 0 atom stereocenters. The third-order valence-electron chi connectivity index (χ3n) is 3.82. The maximum atomic E-state index is 5.92. The van der Waals surface area contributed by atoms with Crippen LogP contribution in [0.3, 0.4) is 0 Å². The Hall–Kier alpha value is -1.80. The Kier molecular flexibility index (Phi) is 4.26. The van der Waals surface area contributed by atoms with Gasteiger partial charge in [-0.15, -0.1) is 11.6 Å². The van der Waals surface area contributed by atoms with Crippen molar-refractivity contribution in [2.75, 3.05) is 5.88 Å². The molecule has 0 aliphatic carbocycles. The summed E-state index contributed by atoms with van der Waals surface area (Å²) in [6, 6.07) is 17.1. The first-order chi connectivity index (χ1) is 10.3. The summed E-state index contributed by atoms with van der Waals surface area (Å²) in [5.74, 6) is 1.66. The van der Waals surface area contributed by atoms with Crippen LogP contribution in [-0.4, -0.2) is 15.4 Å². The van der Waals surface area contributed by atoms with Gasteiger partial charge >= 0.3 is 0 Å². The van der Waals surface area contributed by atoms with Gasteiger partial charge in [0.2, 0.25) is 0 Å². The summed E-state index contributed by atoms with van der Waals surface area (Å²) in [6.07, 6.45) is 1.87. The molecule has 3 rings (SSSR count). The number of alkyl halides is 1. The van der Waals surface area contributed by atoms with E-state index >= 15 is 0 Å². The van der Waals surface area contributed by atoms with Gasteiger partial charge in [-0.25, -0.2) is 4.98 Å². The summed E-state index contributed by atoms with van der Waals surface area (Å²) in [5.41, 5.74) is 4.89. The minimum atomic E-state index is 0.595. The van der Waals surface area contributed by atoms with Crippen LogP contribution in [0, 0.1) is 0 Å². The van der Waals surface area contributed by atoms with E-state index in [2.05, 4.69) is 54.0 Å². The molecule has 0 N–H and O–H groups in total. The number of aromatic nitrogens is 2. The Bertz CT molecular complexity index is 729. The Balaban J connectivity index is 1.99. The summed E-state index contributed by atoms with van der Waals surface area (Å²) >= 11 is 5.92. The normalized spacial score (nSPS) is 11.1. The van der Waals surface area contributed by atoms with Crippen molar-refractivity contribution in [2.24, 2.45) is 0 Å². The molecule has 0 aliphatic rings. The van der Waals surface area contributed by atoms with Gasteiger partial charge in [0.25, 0.3) is 0 Å². The van der Waals surface area contributed by atoms with E-state index < -0.39 is 0 Å². The molecule has 3 aromatic rings. The van der Waals surface area contributed by atoms with Gasteiger partial charge in [-0.1, -0.05) is 43.3 Å². The highest BCUT2D eigenvalue weighted by atomic mass is 35.5. The second-order valence-corrected chi connectivity index (χ2v) is 5.59. The molecule has 0 bridgehead atoms. The van der Waals surface area contributed by atoms with Crippen molar-refractivity contribution >= 4 is 22.6 Å². The van der Waals surface area contributed by atoms with Crippen molar-refractivity contribution in [3.05, 3.63) is 65.5 Å². The fraction of sp³-hybridized carbons (Fsp3) is 0.278. The highest BCUT2D eigenvalue weighted by Crippen LogP contribution is 2.19. The summed E-state index contributed by atoms with van der Waals surface area (Å²) < 4.78 is 2.28. The molecule has 2 nitrogen and oxygen atoms in total. The quantitative estimate of drug-likeness (QED) is 0.637. The average molecular weight is 299 g/mol. The van der Waals surface area contributed by atoms with E-state index in [-0.39, 0.29) is 0 Å².